The molecule has 0 saturated heterocycles. The van der Waals surface area contributed by atoms with Crippen molar-refractivity contribution >= 4 is 11.6 Å². The molecule has 1 N–H and O–H groups in total. The van der Waals surface area contributed by atoms with Crippen LogP contribution in [0.2, 0.25) is 5.02 Å². The summed E-state index contributed by atoms with van der Waals surface area (Å²) in [6, 6.07) is 2.83. The minimum atomic E-state index is -0.479. The Morgan fingerprint density at radius 2 is 2.14 bits per heavy atom. The van der Waals surface area contributed by atoms with Gasteiger partial charge in [-0.15, -0.1) is 0 Å². The number of methoxy groups -OCH3 is 1. The van der Waals surface area contributed by atoms with Crippen LogP contribution in [0.5, 0.6) is 5.75 Å². The molecule has 0 spiro atoms. The van der Waals surface area contributed by atoms with Crippen molar-refractivity contribution in [2.75, 3.05) is 14.2 Å². The molecule has 14 heavy (non-hydrogen) atoms. The van der Waals surface area contributed by atoms with Crippen molar-refractivity contribution in [3.05, 3.63) is 28.5 Å². The van der Waals surface area contributed by atoms with Crippen LogP contribution in [0.15, 0.2) is 12.1 Å². The minimum Gasteiger partial charge on any atom is -0.493 e. The number of rotatable bonds is 4. The van der Waals surface area contributed by atoms with Crippen LogP contribution in [0, 0.1) is 5.82 Å². The van der Waals surface area contributed by atoms with Gasteiger partial charge in [0.25, 0.3) is 0 Å². The van der Waals surface area contributed by atoms with E-state index in [2.05, 4.69) is 10.3 Å². The van der Waals surface area contributed by atoms with Crippen molar-refractivity contribution in [1.82, 2.24) is 5.48 Å². The molecule has 0 atom stereocenters. The van der Waals surface area contributed by atoms with Crippen molar-refractivity contribution < 1.29 is 14.0 Å². The maximum absolute atomic E-state index is 13.3. The highest BCUT2D eigenvalue weighted by Gasteiger charge is 2.10. The fourth-order valence-electron chi connectivity index (χ4n) is 1.12. The minimum absolute atomic E-state index is 0.180. The van der Waals surface area contributed by atoms with Crippen molar-refractivity contribution in [1.29, 1.82) is 0 Å². The number of halogens is 2. The number of nitrogens with one attached hydrogen (secondary N) is 1. The second-order valence-corrected chi connectivity index (χ2v) is 3.04. The SMILES string of the molecule is CONCc1cc(Cl)cc(F)c1OC. The Kier molecular flexibility index (Phi) is 4.13. The predicted octanol–water partition coefficient (Wildman–Crippen LogP) is 2.14. The largest absolute Gasteiger partial charge is 0.493 e. The fraction of sp³-hybridized carbons (Fsp3) is 0.333. The molecule has 0 aliphatic rings. The molecule has 0 radical (unpaired) electrons. The summed E-state index contributed by atoms with van der Waals surface area (Å²) in [4.78, 5) is 4.65. The molecule has 3 nitrogen and oxygen atoms in total. The van der Waals surface area contributed by atoms with Crippen LogP contribution in [0.3, 0.4) is 0 Å². The lowest BCUT2D eigenvalue weighted by Gasteiger charge is -2.09. The first-order valence-corrected chi connectivity index (χ1v) is 4.34. The molecular formula is C9H11ClFNO2. The van der Waals surface area contributed by atoms with E-state index in [1.165, 1.54) is 20.3 Å². The number of benzene rings is 1. The van der Waals surface area contributed by atoms with Gasteiger partial charge in [-0.2, -0.15) is 5.48 Å². The quantitative estimate of drug-likeness (QED) is 0.787. The Balaban J connectivity index is 2.99. The van der Waals surface area contributed by atoms with E-state index in [0.29, 0.717) is 17.1 Å². The second kappa shape index (κ2) is 5.14. The molecule has 0 saturated carbocycles. The van der Waals surface area contributed by atoms with Crippen LogP contribution in [-0.2, 0) is 11.4 Å². The Hall–Kier alpha value is -0.840. The highest BCUT2D eigenvalue weighted by molar-refractivity contribution is 6.30. The first-order valence-electron chi connectivity index (χ1n) is 3.96. The Bertz CT molecular complexity index is 320. The molecule has 0 bridgehead atoms. The van der Waals surface area contributed by atoms with Crippen LogP contribution in [0.4, 0.5) is 4.39 Å². The van der Waals surface area contributed by atoms with Crippen LogP contribution in [0.1, 0.15) is 5.56 Å². The van der Waals surface area contributed by atoms with E-state index in [1.54, 1.807) is 6.07 Å². The van der Waals surface area contributed by atoms with E-state index < -0.39 is 5.82 Å². The number of hydrogen-bond acceptors (Lipinski definition) is 3. The molecule has 5 heteroatoms. The van der Waals surface area contributed by atoms with E-state index in [9.17, 15) is 4.39 Å². The van der Waals surface area contributed by atoms with Gasteiger partial charge in [-0.25, -0.2) is 4.39 Å². The first-order chi connectivity index (χ1) is 6.69. The molecule has 0 unspecified atom stereocenters. The lowest BCUT2D eigenvalue weighted by Crippen LogP contribution is -2.12. The van der Waals surface area contributed by atoms with E-state index >= 15 is 0 Å². The molecule has 0 amide bonds. The van der Waals surface area contributed by atoms with Gasteiger partial charge in [0.1, 0.15) is 0 Å². The zero-order valence-electron chi connectivity index (χ0n) is 7.93. The first kappa shape index (κ1) is 11.2. The lowest BCUT2D eigenvalue weighted by atomic mass is 10.2. The molecular weight excluding hydrogens is 209 g/mol. The normalized spacial score (nSPS) is 10.3. The second-order valence-electron chi connectivity index (χ2n) is 2.61. The average molecular weight is 220 g/mol. The number of hydroxylamine groups is 1. The summed E-state index contributed by atoms with van der Waals surface area (Å²) in [6.45, 7) is 0.331. The Morgan fingerprint density at radius 1 is 1.43 bits per heavy atom. The van der Waals surface area contributed by atoms with Crippen molar-refractivity contribution in [3.8, 4) is 5.75 Å². The summed E-state index contributed by atoms with van der Waals surface area (Å²) in [7, 11) is 2.88. The van der Waals surface area contributed by atoms with Gasteiger partial charge < -0.3 is 9.57 Å². The van der Waals surface area contributed by atoms with E-state index in [0.717, 1.165) is 0 Å². The molecule has 0 aromatic heterocycles. The summed E-state index contributed by atoms with van der Waals surface area (Å²) < 4.78 is 18.2. The van der Waals surface area contributed by atoms with Gasteiger partial charge in [0.15, 0.2) is 11.6 Å². The smallest absolute Gasteiger partial charge is 0.166 e. The van der Waals surface area contributed by atoms with Crippen LogP contribution >= 0.6 is 11.6 Å². The lowest BCUT2D eigenvalue weighted by molar-refractivity contribution is 0.0860. The third kappa shape index (κ3) is 2.57. The molecule has 0 heterocycles. The van der Waals surface area contributed by atoms with Gasteiger partial charge in [-0.1, -0.05) is 11.6 Å². The average Bonchev–Trinajstić information content (AvgIpc) is 2.14. The van der Waals surface area contributed by atoms with Gasteiger partial charge in [0, 0.05) is 17.1 Å². The zero-order chi connectivity index (χ0) is 10.6. The topological polar surface area (TPSA) is 30.5 Å². The Morgan fingerprint density at radius 3 is 2.71 bits per heavy atom. The van der Waals surface area contributed by atoms with Crippen molar-refractivity contribution in [2.24, 2.45) is 0 Å². The monoisotopic (exact) mass is 219 g/mol. The van der Waals surface area contributed by atoms with Crippen molar-refractivity contribution in [3.63, 3.8) is 0 Å². The Labute approximate surface area is 86.7 Å². The molecule has 0 fully saturated rings. The highest BCUT2D eigenvalue weighted by atomic mass is 35.5. The van der Waals surface area contributed by atoms with Gasteiger partial charge in [-0.3, -0.25) is 0 Å². The highest BCUT2D eigenvalue weighted by Crippen LogP contribution is 2.26. The van der Waals surface area contributed by atoms with Crippen LogP contribution in [0.25, 0.3) is 0 Å². The number of hydrogen-bond donors (Lipinski definition) is 1. The summed E-state index contributed by atoms with van der Waals surface area (Å²) >= 11 is 5.69. The molecule has 1 aromatic rings. The summed E-state index contributed by atoms with van der Waals surface area (Å²) in [5.41, 5.74) is 3.20. The maximum atomic E-state index is 13.3. The molecule has 1 aromatic carbocycles. The summed E-state index contributed by atoms with van der Waals surface area (Å²) in [5.74, 6) is -0.299. The summed E-state index contributed by atoms with van der Waals surface area (Å²) in [6.07, 6.45) is 0. The van der Waals surface area contributed by atoms with E-state index in [-0.39, 0.29) is 5.75 Å². The predicted molar refractivity (Wildman–Crippen MR) is 51.8 cm³/mol. The van der Waals surface area contributed by atoms with Gasteiger partial charge in [0.2, 0.25) is 0 Å². The van der Waals surface area contributed by atoms with E-state index in [4.69, 9.17) is 16.3 Å². The third-order valence-corrected chi connectivity index (χ3v) is 1.91. The third-order valence-electron chi connectivity index (χ3n) is 1.70. The van der Waals surface area contributed by atoms with Crippen molar-refractivity contribution in [2.45, 2.75) is 6.54 Å². The molecule has 0 aliphatic carbocycles. The van der Waals surface area contributed by atoms with E-state index in [1.807, 2.05) is 0 Å². The maximum Gasteiger partial charge on any atom is 0.166 e. The van der Waals surface area contributed by atoms with Gasteiger partial charge >= 0.3 is 0 Å². The van der Waals surface area contributed by atoms with Gasteiger partial charge in [0.05, 0.1) is 14.2 Å². The zero-order valence-corrected chi connectivity index (χ0v) is 8.69. The number of ether oxygens (including phenoxy) is 1. The molecule has 1 rings (SSSR count). The van der Waals surface area contributed by atoms with Crippen LogP contribution in [-0.4, -0.2) is 14.2 Å². The summed E-state index contributed by atoms with van der Waals surface area (Å²) in [5, 5.41) is 0.330. The van der Waals surface area contributed by atoms with Crippen LogP contribution < -0.4 is 10.2 Å². The molecule has 0 aliphatic heterocycles. The van der Waals surface area contributed by atoms with Gasteiger partial charge in [-0.05, 0) is 12.1 Å². The standard InChI is InChI=1S/C9H11ClFNO2/c1-13-9-6(5-12-14-2)3-7(10)4-8(9)11/h3-4,12H,5H2,1-2H3. The molecule has 78 valence electrons. The fourth-order valence-corrected chi connectivity index (χ4v) is 1.35.